The van der Waals surface area contributed by atoms with Crippen molar-refractivity contribution < 1.29 is 14.3 Å². The summed E-state index contributed by atoms with van der Waals surface area (Å²) in [4.78, 5) is 16.0. The number of nitrogens with one attached hydrogen (secondary N) is 1. The molecule has 21 heavy (non-hydrogen) atoms. The largest absolute Gasteiger partial charge is 0.384 e. The highest BCUT2D eigenvalue weighted by Gasteiger charge is 2.11. The quantitative estimate of drug-likeness (QED) is 0.830. The number of hydrogen-bond donors (Lipinski definition) is 2. The van der Waals surface area contributed by atoms with Crippen LogP contribution >= 0.6 is 0 Å². The normalized spacial score (nSPS) is 9.67. The van der Waals surface area contributed by atoms with E-state index >= 15 is 0 Å². The SMILES string of the molecule is Cc1cccc(F)c1NC(=O)c1cncc(C#CCO)c1. The van der Waals surface area contributed by atoms with Gasteiger partial charge in [-0.1, -0.05) is 24.0 Å². The summed E-state index contributed by atoms with van der Waals surface area (Å²) < 4.78 is 13.7. The van der Waals surface area contributed by atoms with Gasteiger partial charge < -0.3 is 10.4 Å². The Balaban J connectivity index is 2.25. The topological polar surface area (TPSA) is 62.2 Å². The van der Waals surface area contributed by atoms with E-state index in [9.17, 15) is 9.18 Å². The van der Waals surface area contributed by atoms with Gasteiger partial charge in [-0.3, -0.25) is 9.78 Å². The van der Waals surface area contributed by atoms with Crippen molar-refractivity contribution in [1.29, 1.82) is 0 Å². The summed E-state index contributed by atoms with van der Waals surface area (Å²) >= 11 is 0. The minimum Gasteiger partial charge on any atom is -0.384 e. The van der Waals surface area contributed by atoms with Crippen LogP contribution in [-0.4, -0.2) is 22.6 Å². The molecule has 106 valence electrons. The number of carbonyl (C=O) groups is 1. The van der Waals surface area contributed by atoms with E-state index < -0.39 is 11.7 Å². The Morgan fingerprint density at radius 2 is 2.24 bits per heavy atom. The van der Waals surface area contributed by atoms with Crippen LogP contribution in [0.4, 0.5) is 10.1 Å². The number of aromatic nitrogens is 1. The Morgan fingerprint density at radius 1 is 1.43 bits per heavy atom. The van der Waals surface area contributed by atoms with Gasteiger partial charge in [-0.25, -0.2) is 4.39 Å². The molecular weight excluding hydrogens is 271 g/mol. The van der Waals surface area contributed by atoms with Crippen LogP contribution in [-0.2, 0) is 0 Å². The number of nitrogens with zero attached hydrogens (tertiary/aromatic N) is 1. The van der Waals surface area contributed by atoms with E-state index in [1.54, 1.807) is 19.1 Å². The summed E-state index contributed by atoms with van der Waals surface area (Å²) in [6, 6.07) is 6.10. The summed E-state index contributed by atoms with van der Waals surface area (Å²) in [5.41, 5.74) is 1.55. The van der Waals surface area contributed by atoms with Crippen molar-refractivity contribution in [2.24, 2.45) is 0 Å². The number of aliphatic hydroxyl groups is 1. The fourth-order valence-electron chi connectivity index (χ4n) is 1.75. The predicted octanol–water partition coefficient (Wildman–Crippen LogP) is 2.13. The van der Waals surface area contributed by atoms with Crippen LogP contribution in [0.1, 0.15) is 21.5 Å². The molecule has 0 aliphatic heterocycles. The van der Waals surface area contributed by atoms with Gasteiger partial charge in [0.15, 0.2) is 0 Å². The Bertz CT molecular complexity index is 712. The number of para-hydroxylation sites is 1. The van der Waals surface area contributed by atoms with E-state index in [-0.39, 0.29) is 17.9 Å². The van der Waals surface area contributed by atoms with Gasteiger partial charge in [-0.15, -0.1) is 0 Å². The molecule has 1 heterocycles. The van der Waals surface area contributed by atoms with Crippen molar-refractivity contribution in [3.8, 4) is 11.8 Å². The van der Waals surface area contributed by atoms with E-state index in [4.69, 9.17) is 5.11 Å². The zero-order valence-electron chi connectivity index (χ0n) is 11.4. The van der Waals surface area contributed by atoms with E-state index in [0.29, 0.717) is 11.1 Å². The maximum absolute atomic E-state index is 13.7. The first-order valence-corrected chi connectivity index (χ1v) is 6.23. The Kier molecular flexibility index (Phi) is 4.64. The van der Waals surface area contributed by atoms with Gasteiger partial charge >= 0.3 is 0 Å². The highest BCUT2D eigenvalue weighted by molar-refractivity contribution is 6.04. The molecule has 0 spiro atoms. The Labute approximate surface area is 121 Å². The fourth-order valence-corrected chi connectivity index (χ4v) is 1.75. The number of aliphatic hydroxyl groups excluding tert-OH is 1. The third-order valence-corrected chi connectivity index (χ3v) is 2.77. The first kappa shape index (κ1) is 14.7. The van der Waals surface area contributed by atoms with E-state index in [1.165, 1.54) is 24.5 Å². The molecule has 0 saturated carbocycles. The molecule has 1 aromatic heterocycles. The van der Waals surface area contributed by atoms with Crippen LogP contribution in [0.5, 0.6) is 0 Å². The number of rotatable bonds is 2. The lowest BCUT2D eigenvalue weighted by molar-refractivity contribution is 0.102. The molecule has 2 aromatic rings. The number of halogens is 1. The summed E-state index contributed by atoms with van der Waals surface area (Å²) in [6.45, 7) is 1.44. The van der Waals surface area contributed by atoms with Gasteiger partial charge in [0.2, 0.25) is 0 Å². The van der Waals surface area contributed by atoms with E-state index in [0.717, 1.165) is 0 Å². The standard InChI is InChI=1S/C16H13FN2O2/c1-11-4-2-6-14(17)15(11)19-16(21)13-8-12(5-3-7-20)9-18-10-13/h2,4,6,8-10,20H,7H2,1H3,(H,19,21). The number of amides is 1. The number of hydrogen-bond acceptors (Lipinski definition) is 3. The van der Waals surface area contributed by atoms with Gasteiger partial charge in [-0.05, 0) is 24.6 Å². The molecule has 0 unspecified atom stereocenters. The molecule has 0 atom stereocenters. The predicted molar refractivity (Wildman–Crippen MR) is 77.3 cm³/mol. The summed E-state index contributed by atoms with van der Waals surface area (Å²) in [5, 5.41) is 11.2. The number of carbonyl (C=O) groups excluding carboxylic acids is 1. The highest BCUT2D eigenvalue weighted by atomic mass is 19.1. The average molecular weight is 284 g/mol. The molecule has 0 aliphatic carbocycles. The first-order valence-electron chi connectivity index (χ1n) is 6.23. The second-order valence-electron chi connectivity index (χ2n) is 4.31. The number of anilines is 1. The molecule has 5 heteroatoms. The number of pyridine rings is 1. The van der Waals surface area contributed by atoms with Gasteiger partial charge in [0, 0.05) is 18.0 Å². The Hall–Kier alpha value is -2.71. The van der Waals surface area contributed by atoms with Crippen molar-refractivity contribution in [3.63, 3.8) is 0 Å². The van der Waals surface area contributed by atoms with E-state index in [1.807, 2.05) is 0 Å². The van der Waals surface area contributed by atoms with Crippen LogP contribution in [0.2, 0.25) is 0 Å². The van der Waals surface area contributed by atoms with Crippen molar-refractivity contribution in [2.45, 2.75) is 6.92 Å². The zero-order valence-corrected chi connectivity index (χ0v) is 11.4. The molecule has 2 N–H and O–H groups in total. The minimum atomic E-state index is -0.493. The third kappa shape index (κ3) is 3.65. The molecular formula is C16H13FN2O2. The van der Waals surface area contributed by atoms with Crippen LogP contribution in [0.3, 0.4) is 0 Å². The second-order valence-corrected chi connectivity index (χ2v) is 4.31. The average Bonchev–Trinajstić information content (AvgIpc) is 2.49. The summed E-state index contributed by atoms with van der Waals surface area (Å²) in [7, 11) is 0. The van der Waals surface area contributed by atoms with Gasteiger partial charge in [-0.2, -0.15) is 0 Å². The molecule has 0 saturated heterocycles. The molecule has 2 rings (SSSR count). The molecule has 0 bridgehead atoms. The van der Waals surface area contributed by atoms with Crippen molar-refractivity contribution >= 4 is 11.6 Å². The third-order valence-electron chi connectivity index (χ3n) is 2.77. The second kappa shape index (κ2) is 6.64. The molecule has 1 aromatic carbocycles. The lowest BCUT2D eigenvalue weighted by Crippen LogP contribution is -2.14. The molecule has 0 aliphatic rings. The maximum atomic E-state index is 13.7. The van der Waals surface area contributed by atoms with Crippen LogP contribution < -0.4 is 5.32 Å². The fraction of sp³-hybridized carbons (Fsp3) is 0.125. The van der Waals surface area contributed by atoms with Crippen molar-refractivity contribution in [2.75, 3.05) is 11.9 Å². The molecule has 1 amide bonds. The molecule has 4 nitrogen and oxygen atoms in total. The van der Waals surface area contributed by atoms with Crippen molar-refractivity contribution in [3.05, 3.63) is 59.2 Å². The summed E-state index contributed by atoms with van der Waals surface area (Å²) in [5.74, 6) is 4.17. The van der Waals surface area contributed by atoms with Crippen LogP contribution in [0.15, 0.2) is 36.7 Å². The smallest absolute Gasteiger partial charge is 0.257 e. The lowest BCUT2D eigenvalue weighted by Gasteiger charge is -2.09. The lowest BCUT2D eigenvalue weighted by atomic mass is 10.1. The first-order chi connectivity index (χ1) is 10.1. The highest BCUT2D eigenvalue weighted by Crippen LogP contribution is 2.19. The van der Waals surface area contributed by atoms with Gasteiger partial charge in [0.25, 0.3) is 5.91 Å². The number of aryl methyl sites for hydroxylation is 1. The van der Waals surface area contributed by atoms with Crippen molar-refractivity contribution in [1.82, 2.24) is 4.98 Å². The molecule has 0 fully saturated rings. The summed E-state index contributed by atoms with van der Waals surface area (Å²) in [6.07, 6.45) is 2.85. The monoisotopic (exact) mass is 284 g/mol. The van der Waals surface area contributed by atoms with Crippen LogP contribution in [0.25, 0.3) is 0 Å². The molecule has 0 radical (unpaired) electrons. The Morgan fingerprint density at radius 3 is 2.95 bits per heavy atom. The zero-order chi connectivity index (χ0) is 15.2. The van der Waals surface area contributed by atoms with Crippen LogP contribution in [0, 0.1) is 24.6 Å². The van der Waals surface area contributed by atoms with Gasteiger partial charge in [0.05, 0.1) is 11.3 Å². The van der Waals surface area contributed by atoms with E-state index in [2.05, 4.69) is 22.1 Å². The van der Waals surface area contributed by atoms with Gasteiger partial charge in [0.1, 0.15) is 12.4 Å². The number of benzene rings is 1. The minimum absolute atomic E-state index is 0.148. The maximum Gasteiger partial charge on any atom is 0.257 e.